The largest absolute Gasteiger partial charge is 0.396 e. The van der Waals surface area contributed by atoms with Crippen LogP contribution in [0.3, 0.4) is 0 Å². The van der Waals surface area contributed by atoms with E-state index < -0.39 is 0 Å². The number of hydrogen-bond donors (Lipinski definition) is 1. The van der Waals surface area contributed by atoms with E-state index in [1.165, 1.54) is 0 Å². The van der Waals surface area contributed by atoms with Crippen LogP contribution in [0.2, 0.25) is 0 Å². The number of rotatable bonds is 1. The van der Waals surface area contributed by atoms with Crippen LogP contribution in [0.5, 0.6) is 0 Å². The smallest absolute Gasteiger partial charge is 0.0497 e. The Hall–Kier alpha value is -0.0800. The van der Waals surface area contributed by atoms with E-state index >= 15 is 0 Å². The normalized spacial score (nSPS) is 32.8. The minimum Gasteiger partial charge on any atom is -0.396 e. The molecule has 0 aromatic rings. The minimum atomic E-state index is 0.146. The van der Waals surface area contributed by atoms with E-state index in [9.17, 15) is 5.11 Å². The van der Waals surface area contributed by atoms with Crippen molar-refractivity contribution in [3.8, 4) is 0 Å². The third-order valence-corrected chi connectivity index (χ3v) is 2.89. The monoisotopic (exact) mass is 171 g/mol. The molecule has 1 aliphatic rings. The summed E-state index contributed by atoms with van der Waals surface area (Å²) in [6, 6.07) is 0. The molecule has 0 radical (unpaired) electrons. The maximum Gasteiger partial charge on any atom is 0.0497 e. The van der Waals surface area contributed by atoms with E-state index in [2.05, 4.69) is 32.6 Å². The Kier molecular flexibility index (Phi) is 2.50. The van der Waals surface area contributed by atoms with Gasteiger partial charge in [-0.1, -0.05) is 6.92 Å². The molecule has 0 aliphatic carbocycles. The fraction of sp³-hybridized carbons (Fsp3) is 1.00. The molecule has 2 heteroatoms. The Labute approximate surface area is 75.6 Å². The van der Waals surface area contributed by atoms with Crippen molar-refractivity contribution in [3.05, 3.63) is 0 Å². The van der Waals surface area contributed by atoms with Gasteiger partial charge < -0.3 is 5.11 Å². The van der Waals surface area contributed by atoms with E-state index in [4.69, 9.17) is 0 Å². The highest BCUT2D eigenvalue weighted by molar-refractivity contribution is 4.91. The first-order valence-electron chi connectivity index (χ1n) is 4.73. The first-order valence-corrected chi connectivity index (χ1v) is 4.73. The predicted octanol–water partition coefficient (Wildman–Crippen LogP) is 1.49. The molecule has 1 aliphatic heterocycles. The number of nitrogens with zero attached hydrogens (tertiary/aromatic N) is 1. The summed E-state index contributed by atoms with van der Waals surface area (Å²) in [5, 5.41) is 9.18. The Morgan fingerprint density at radius 1 is 1.42 bits per heavy atom. The maximum atomic E-state index is 9.18. The van der Waals surface area contributed by atoms with E-state index in [0.717, 1.165) is 19.5 Å². The zero-order valence-corrected chi connectivity index (χ0v) is 8.72. The van der Waals surface area contributed by atoms with Crippen molar-refractivity contribution in [1.29, 1.82) is 0 Å². The molecule has 0 aromatic heterocycles. The van der Waals surface area contributed by atoms with Crippen LogP contribution >= 0.6 is 0 Å². The standard InChI is InChI=1S/C10H21NO/c1-9(2,3)11-6-5-10(4,7-11)8-12/h12H,5-8H2,1-4H3/t10-/m0/s1. The van der Waals surface area contributed by atoms with Crippen molar-refractivity contribution in [2.75, 3.05) is 19.7 Å². The first-order chi connectivity index (χ1) is 5.37. The van der Waals surface area contributed by atoms with E-state index in [1.54, 1.807) is 0 Å². The van der Waals surface area contributed by atoms with Gasteiger partial charge in [0.25, 0.3) is 0 Å². The van der Waals surface area contributed by atoms with Crippen LogP contribution in [0, 0.1) is 5.41 Å². The lowest BCUT2D eigenvalue weighted by Crippen LogP contribution is -2.41. The molecule has 0 saturated carbocycles. The van der Waals surface area contributed by atoms with E-state index in [1.807, 2.05) is 0 Å². The highest BCUT2D eigenvalue weighted by Crippen LogP contribution is 2.33. The quantitative estimate of drug-likeness (QED) is 0.646. The number of hydrogen-bond acceptors (Lipinski definition) is 2. The van der Waals surface area contributed by atoms with Crippen LogP contribution in [-0.2, 0) is 0 Å². The molecule has 1 heterocycles. The second-order valence-corrected chi connectivity index (χ2v) is 5.31. The van der Waals surface area contributed by atoms with Gasteiger partial charge in [-0.25, -0.2) is 0 Å². The molecule has 2 nitrogen and oxygen atoms in total. The average Bonchev–Trinajstić information content (AvgIpc) is 2.32. The summed E-state index contributed by atoms with van der Waals surface area (Å²) in [6.07, 6.45) is 1.13. The fourth-order valence-corrected chi connectivity index (χ4v) is 1.73. The summed E-state index contributed by atoms with van der Waals surface area (Å²) in [5.74, 6) is 0. The predicted molar refractivity (Wildman–Crippen MR) is 51.1 cm³/mol. The summed E-state index contributed by atoms with van der Waals surface area (Å²) < 4.78 is 0. The minimum absolute atomic E-state index is 0.146. The summed E-state index contributed by atoms with van der Waals surface area (Å²) in [4.78, 5) is 2.45. The third kappa shape index (κ3) is 1.99. The lowest BCUT2D eigenvalue weighted by Gasteiger charge is -2.33. The second kappa shape index (κ2) is 3.00. The summed E-state index contributed by atoms with van der Waals surface area (Å²) >= 11 is 0. The lowest BCUT2D eigenvalue weighted by atomic mass is 9.91. The van der Waals surface area contributed by atoms with Crippen LogP contribution < -0.4 is 0 Å². The molecule has 0 bridgehead atoms. The molecule has 1 fully saturated rings. The van der Waals surface area contributed by atoms with Crippen LogP contribution in [0.25, 0.3) is 0 Å². The Bertz CT molecular complexity index is 162. The second-order valence-electron chi connectivity index (χ2n) is 5.31. The van der Waals surface area contributed by atoms with Crippen molar-refractivity contribution in [2.24, 2.45) is 5.41 Å². The van der Waals surface area contributed by atoms with Gasteiger partial charge in [-0.3, -0.25) is 4.90 Å². The van der Waals surface area contributed by atoms with Crippen molar-refractivity contribution in [1.82, 2.24) is 4.90 Å². The summed E-state index contributed by atoms with van der Waals surface area (Å²) in [6.45, 7) is 11.3. The summed E-state index contributed by atoms with van der Waals surface area (Å²) in [5.41, 5.74) is 0.403. The zero-order valence-electron chi connectivity index (χ0n) is 8.72. The number of aliphatic hydroxyl groups excluding tert-OH is 1. The average molecular weight is 171 g/mol. The van der Waals surface area contributed by atoms with Gasteiger partial charge in [0.2, 0.25) is 0 Å². The SMILES string of the molecule is CC(C)(C)N1CC[C@](C)(CO)C1. The molecule has 0 aromatic carbocycles. The van der Waals surface area contributed by atoms with Gasteiger partial charge in [0.15, 0.2) is 0 Å². The van der Waals surface area contributed by atoms with E-state index in [0.29, 0.717) is 6.61 Å². The topological polar surface area (TPSA) is 23.5 Å². The highest BCUT2D eigenvalue weighted by atomic mass is 16.3. The van der Waals surface area contributed by atoms with Crippen LogP contribution in [-0.4, -0.2) is 35.2 Å². The van der Waals surface area contributed by atoms with Crippen molar-refractivity contribution < 1.29 is 5.11 Å². The third-order valence-electron chi connectivity index (χ3n) is 2.89. The zero-order chi connectivity index (χ0) is 9.41. The van der Waals surface area contributed by atoms with Gasteiger partial charge in [-0.15, -0.1) is 0 Å². The van der Waals surface area contributed by atoms with Crippen molar-refractivity contribution >= 4 is 0 Å². The molecular weight excluding hydrogens is 150 g/mol. The molecule has 12 heavy (non-hydrogen) atoms. The summed E-state index contributed by atoms with van der Waals surface area (Å²) in [7, 11) is 0. The molecule has 1 rings (SSSR count). The Morgan fingerprint density at radius 3 is 2.25 bits per heavy atom. The number of likely N-dealkylation sites (tertiary alicyclic amines) is 1. The van der Waals surface area contributed by atoms with Crippen LogP contribution in [0.1, 0.15) is 34.1 Å². The number of aliphatic hydroxyl groups is 1. The van der Waals surface area contributed by atoms with Gasteiger partial charge in [0.05, 0.1) is 0 Å². The van der Waals surface area contributed by atoms with E-state index in [-0.39, 0.29) is 11.0 Å². The molecule has 0 unspecified atom stereocenters. The van der Waals surface area contributed by atoms with Crippen molar-refractivity contribution in [2.45, 2.75) is 39.7 Å². The fourth-order valence-electron chi connectivity index (χ4n) is 1.73. The molecule has 0 spiro atoms. The molecule has 1 saturated heterocycles. The Morgan fingerprint density at radius 2 is 2.00 bits per heavy atom. The van der Waals surface area contributed by atoms with Crippen molar-refractivity contribution in [3.63, 3.8) is 0 Å². The van der Waals surface area contributed by atoms with Gasteiger partial charge in [0.1, 0.15) is 0 Å². The lowest BCUT2D eigenvalue weighted by molar-refractivity contribution is 0.113. The maximum absolute atomic E-state index is 9.18. The Balaban J connectivity index is 2.57. The molecular formula is C10H21NO. The van der Waals surface area contributed by atoms with Gasteiger partial charge in [0, 0.05) is 24.1 Å². The molecule has 0 amide bonds. The van der Waals surface area contributed by atoms with Gasteiger partial charge in [-0.05, 0) is 33.7 Å². The highest BCUT2D eigenvalue weighted by Gasteiger charge is 2.37. The molecule has 1 N–H and O–H groups in total. The molecule has 1 atom stereocenters. The first kappa shape index (κ1) is 10.0. The van der Waals surface area contributed by atoms with Gasteiger partial charge >= 0.3 is 0 Å². The molecule has 72 valence electrons. The van der Waals surface area contributed by atoms with Crippen LogP contribution in [0.15, 0.2) is 0 Å². The van der Waals surface area contributed by atoms with Crippen LogP contribution in [0.4, 0.5) is 0 Å². The van der Waals surface area contributed by atoms with Gasteiger partial charge in [-0.2, -0.15) is 0 Å².